The summed E-state index contributed by atoms with van der Waals surface area (Å²) in [6, 6.07) is 6.69. The molecule has 120 valence electrons. The first-order valence-corrected chi connectivity index (χ1v) is 7.23. The van der Waals surface area contributed by atoms with Gasteiger partial charge in [-0.05, 0) is 30.7 Å². The summed E-state index contributed by atoms with van der Waals surface area (Å²) in [5.74, 6) is -0.643. The van der Waals surface area contributed by atoms with Crippen molar-refractivity contribution in [2.75, 3.05) is 33.4 Å². The number of hydrogen-bond acceptors (Lipinski definition) is 4. The predicted molar refractivity (Wildman–Crippen MR) is 80.1 cm³/mol. The minimum Gasteiger partial charge on any atom is -0.484 e. The van der Waals surface area contributed by atoms with Gasteiger partial charge >= 0.3 is 5.97 Å². The van der Waals surface area contributed by atoms with Gasteiger partial charge in [-0.25, -0.2) is 0 Å². The molecule has 0 aliphatic carbocycles. The van der Waals surface area contributed by atoms with Crippen molar-refractivity contribution in [2.45, 2.75) is 6.42 Å². The fraction of sp³-hybridized carbons (Fsp3) is 0.467. The van der Waals surface area contributed by atoms with Crippen LogP contribution in [0.5, 0.6) is 5.75 Å². The smallest absolute Gasteiger partial charge is 0.313 e. The summed E-state index contributed by atoms with van der Waals surface area (Å²) < 4.78 is 10.4. The SMILES string of the molecule is COCC1(C(=O)O)CCN(C(=O)COc2ccc(Cl)cc2)C1. The Kier molecular flexibility index (Phi) is 5.26. The van der Waals surface area contributed by atoms with E-state index < -0.39 is 11.4 Å². The molecule has 1 atom stereocenters. The summed E-state index contributed by atoms with van der Waals surface area (Å²) in [6.07, 6.45) is 0.378. The number of carboxylic acid groups (broad SMARTS) is 1. The van der Waals surface area contributed by atoms with E-state index in [2.05, 4.69) is 0 Å². The fourth-order valence-corrected chi connectivity index (χ4v) is 2.61. The number of aliphatic carboxylic acids is 1. The number of nitrogens with zero attached hydrogens (tertiary/aromatic N) is 1. The van der Waals surface area contributed by atoms with Gasteiger partial charge in [0.1, 0.15) is 11.2 Å². The third-order valence-electron chi connectivity index (χ3n) is 3.76. The van der Waals surface area contributed by atoms with Gasteiger partial charge in [-0.1, -0.05) is 11.6 Å². The van der Waals surface area contributed by atoms with Crippen LogP contribution in [0.15, 0.2) is 24.3 Å². The second kappa shape index (κ2) is 6.98. The molecule has 22 heavy (non-hydrogen) atoms. The first kappa shape index (κ1) is 16.6. The standard InChI is InChI=1S/C15H18ClNO5/c1-21-10-15(14(19)20)6-7-17(9-15)13(18)8-22-12-4-2-11(16)3-5-12/h2-5H,6-10H2,1H3,(H,19,20). The maximum absolute atomic E-state index is 12.1. The lowest BCUT2D eigenvalue weighted by Gasteiger charge is -2.23. The lowest BCUT2D eigenvalue weighted by Crippen LogP contribution is -2.41. The molecule has 1 aromatic rings. The van der Waals surface area contributed by atoms with E-state index in [4.69, 9.17) is 21.1 Å². The monoisotopic (exact) mass is 327 g/mol. The van der Waals surface area contributed by atoms with Gasteiger partial charge in [0, 0.05) is 25.2 Å². The van der Waals surface area contributed by atoms with Crippen LogP contribution in [0.1, 0.15) is 6.42 Å². The summed E-state index contributed by atoms with van der Waals surface area (Å²) in [4.78, 5) is 25.1. The van der Waals surface area contributed by atoms with E-state index in [9.17, 15) is 14.7 Å². The van der Waals surface area contributed by atoms with Gasteiger partial charge < -0.3 is 19.5 Å². The number of carbonyl (C=O) groups excluding carboxylic acids is 1. The Morgan fingerprint density at radius 1 is 1.36 bits per heavy atom. The Morgan fingerprint density at radius 3 is 2.64 bits per heavy atom. The normalized spacial score (nSPS) is 20.9. The summed E-state index contributed by atoms with van der Waals surface area (Å²) in [7, 11) is 1.46. The Bertz CT molecular complexity index is 547. The van der Waals surface area contributed by atoms with Crippen LogP contribution in [0.25, 0.3) is 0 Å². The Labute approximate surface area is 133 Å². The van der Waals surface area contributed by atoms with Crippen LogP contribution in [0.3, 0.4) is 0 Å². The number of amides is 1. The van der Waals surface area contributed by atoms with Crippen molar-refractivity contribution in [2.24, 2.45) is 5.41 Å². The van der Waals surface area contributed by atoms with Crippen LogP contribution in [0.4, 0.5) is 0 Å². The lowest BCUT2D eigenvalue weighted by molar-refractivity contribution is -0.151. The van der Waals surface area contributed by atoms with Gasteiger partial charge in [0.05, 0.1) is 6.61 Å². The highest BCUT2D eigenvalue weighted by Crippen LogP contribution is 2.31. The van der Waals surface area contributed by atoms with Crippen LogP contribution in [0, 0.1) is 5.41 Å². The third kappa shape index (κ3) is 3.69. The Hall–Kier alpha value is -1.79. The second-order valence-electron chi connectivity index (χ2n) is 5.33. The molecule has 1 amide bonds. The maximum atomic E-state index is 12.1. The van der Waals surface area contributed by atoms with Gasteiger partial charge in [0.15, 0.2) is 6.61 Å². The first-order chi connectivity index (χ1) is 10.5. The summed E-state index contributed by atoms with van der Waals surface area (Å²) in [5.41, 5.74) is -1.02. The molecular weight excluding hydrogens is 310 g/mol. The van der Waals surface area contributed by atoms with Gasteiger partial charge in [-0.15, -0.1) is 0 Å². The summed E-state index contributed by atoms with van der Waals surface area (Å²) >= 11 is 5.77. The molecule has 1 aliphatic heterocycles. The largest absolute Gasteiger partial charge is 0.484 e. The van der Waals surface area contributed by atoms with E-state index >= 15 is 0 Å². The molecule has 1 fully saturated rings. The van der Waals surface area contributed by atoms with Gasteiger partial charge in [0.2, 0.25) is 0 Å². The lowest BCUT2D eigenvalue weighted by atomic mass is 9.88. The highest BCUT2D eigenvalue weighted by atomic mass is 35.5. The van der Waals surface area contributed by atoms with E-state index in [0.29, 0.717) is 23.7 Å². The number of halogens is 1. The molecule has 0 spiro atoms. The molecule has 0 aromatic heterocycles. The zero-order valence-electron chi connectivity index (χ0n) is 12.3. The van der Waals surface area contributed by atoms with E-state index in [1.54, 1.807) is 24.3 Å². The molecule has 1 saturated heterocycles. The van der Waals surface area contributed by atoms with Crippen molar-refractivity contribution < 1.29 is 24.2 Å². The van der Waals surface area contributed by atoms with E-state index in [0.717, 1.165) is 0 Å². The van der Waals surface area contributed by atoms with Crippen molar-refractivity contribution in [3.05, 3.63) is 29.3 Å². The quantitative estimate of drug-likeness (QED) is 0.860. The molecule has 1 unspecified atom stereocenters. The Balaban J connectivity index is 1.91. The number of methoxy groups -OCH3 is 1. The zero-order valence-corrected chi connectivity index (χ0v) is 13.0. The van der Waals surface area contributed by atoms with Crippen molar-refractivity contribution in [3.8, 4) is 5.75 Å². The van der Waals surface area contributed by atoms with E-state index in [-0.39, 0.29) is 25.7 Å². The van der Waals surface area contributed by atoms with Crippen LogP contribution < -0.4 is 4.74 Å². The number of carbonyl (C=O) groups is 2. The maximum Gasteiger partial charge on any atom is 0.313 e. The minimum absolute atomic E-state index is 0.0875. The molecule has 1 N–H and O–H groups in total. The molecule has 7 heteroatoms. The predicted octanol–water partition coefficient (Wildman–Crippen LogP) is 1.67. The molecule has 0 bridgehead atoms. The number of rotatable bonds is 6. The zero-order chi connectivity index (χ0) is 16.2. The summed E-state index contributed by atoms with van der Waals surface area (Å²) in [5, 5.41) is 9.95. The fourth-order valence-electron chi connectivity index (χ4n) is 2.48. The Morgan fingerprint density at radius 2 is 2.05 bits per heavy atom. The molecule has 0 saturated carbocycles. The van der Waals surface area contributed by atoms with Crippen LogP contribution in [0.2, 0.25) is 5.02 Å². The highest BCUT2D eigenvalue weighted by molar-refractivity contribution is 6.30. The molecule has 6 nitrogen and oxygen atoms in total. The minimum atomic E-state index is -1.02. The number of ether oxygens (including phenoxy) is 2. The van der Waals surface area contributed by atoms with Crippen molar-refractivity contribution >= 4 is 23.5 Å². The highest BCUT2D eigenvalue weighted by Gasteiger charge is 2.46. The molecule has 1 heterocycles. The van der Waals surface area contributed by atoms with Crippen molar-refractivity contribution in [1.82, 2.24) is 4.90 Å². The average Bonchev–Trinajstić information content (AvgIpc) is 2.92. The molecule has 1 aromatic carbocycles. The number of likely N-dealkylation sites (tertiary alicyclic amines) is 1. The van der Waals surface area contributed by atoms with Crippen LogP contribution in [-0.4, -0.2) is 55.3 Å². The van der Waals surface area contributed by atoms with Crippen molar-refractivity contribution in [3.63, 3.8) is 0 Å². The number of hydrogen-bond donors (Lipinski definition) is 1. The third-order valence-corrected chi connectivity index (χ3v) is 4.01. The van der Waals surface area contributed by atoms with Gasteiger partial charge in [0.25, 0.3) is 5.91 Å². The molecule has 1 aliphatic rings. The molecule has 0 radical (unpaired) electrons. The number of benzene rings is 1. The molecule has 2 rings (SSSR count). The van der Waals surface area contributed by atoms with Gasteiger partial charge in [-0.2, -0.15) is 0 Å². The van der Waals surface area contributed by atoms with Crippen LogP contribution in [-0.2, 0) is 14.3 Å². The summed E-state index contributed by atoms with van der Waals surface area (Å²) in [6.45, 7) is 0.478. The van der Waals surface area contributed by atoms with Crippen molar-refractivity contribution in [1.29, 1.82) is 0 Å². The van der Waals surface area contributed by atoms with E-state index in [1.165, 1.54) is 12.0 Å². The average molecular weight is 328 g/mol. The van der Waals surface area contributed by atoms with Crippen LogP contribution >= 0.6 is 11.6 Å². The number of carboxylic acids is 1. The van der Waals surface area contributed by atoms with Gasteiger partial charge in [-0.3, -0.25) is 9.59 Å². The second-order valence-corrected chi connectivity index (χ2v) is 5.76. The molecular formula is C15H18ClNO5. The topological polar surface area (TPSA) is 76.1 Å². The first-order valence-electron chi connectivity index (χ1n) is 6.85. The van der Waals surface area contributed by atoms with E-state index in [1.807, 2.05) is 0 Å².